The predicted octanol–water partition coefficient (Wildman–Crippen LogP) is 4.19. The molecule has 0 fully saturated rings. The number of benzene rings is 3. The lowest BCUT2D eigenvalue weighted by Gasteiger charge is -2.12. The van der Waals surface area contributed by atoms with E-state index in [0.717, 1.165) is 12.0 Å². The average molecular weight is 443 g/mol. The molecule has 0 radical (unpaired) electrons. The lowest BCUT2D eigenvalue weighted by Crippen LogP contribution is -2.24. The van der Waals surface area contributed by atoms with Crippen molar-refractivity contribution in [2.45, 2.75) is 18.5 Å². The third-order valence-corrected chi connectivity index (χ3v) is 5.82. The fourth-order valence-electron chi connectivity index (χ4n) is 3.19. The number of hydrogen-bond donors (Lipinski definition) is 1. The highest BCUT2D eigenvalue weighted by Gasteiger charge is 2.14. The van der Waals surface area contributed by atoms with Crippen molar-refractivity contribution in [3.05, 3.63) is 100 Å². The molecule has 32 heavy (non-hydrogen) atoms. The van der Waals surface area contributed by atoms with E-state index in [9.17, 15) is 9.59 Å². The third kappa shape index (κ3) is 4.95. The van der Waals surface area contributed by atoms with E-state index in [1.165, 1.54) is 17.3 Å². The van der Waals surface area contributed by atoms with Crippen molar-refractivity contribution < 1.29 is 4.79 Å². The zero-order chi connectivity index (χ0) is 22.3. The highest BCUT2D eigenvalue weighted by atomic mass is 32.2. The van der Waals surface area contributed by atoms with Gasteiger partial charge in [-0.1, -0.05) is 73.3 Å². The Morgan fingerprint density at radius 1 is 1.03 bits per heavy atom. The molecule has 1 heterocycles. The first-order valence-electron chi connectivity index (χ1n) is 10.3. The summed E-state index contributed by atoms with van der Waals surface area (Å²) in [6.45, 7) is 2.10. The molecule has 4 rings (SSSR count). The molecule has 0 aliphatic carbocycles. The van der Waals surface area contributed by atoms with Gasteiger partial charge in [-0.3, -0.25) is 14.2 Å². The molecule has 0 saturated heterocycles. The van der Waals surface area contributed by atoms with Crippen LogP contribution in [0.5, 0.6) is 0 Å². The van der Waals surface area contributed by atoms with Crippen LogP contribution in [0.25, 0.3) is 16.6 Å². The van der Waals surface area contributed by atoms with Crippen LogP contribution in [0.3, 0.4) is 0 Å². The maximum atomic E-state index is 13.2. The smallest absolute Gasteiger partial charge is 0.266 e. The predicted molar refractivity (Wildman–Crippen MR) is 130 cm³/mol. The maximum Gasteiger partial charge on any atom is 0.266 e. The summed E-state index contributed by atoms with van der Waals surface area (Å²) in [5.41, 5.74) is 5.82. The molecule has 0 saturated carbocycles. The number of fused-ring (bicyclic) bond motifs is 1. The van der Waals surface area contributed by atoms with E-state index >= 15 is 0 Å². The lowest BCUT2D eigenvalue weighted by molar-refractivity contribution is -0.118. The summed E-state index contributed by atoms with van der Waals surface area (Å²) >= 11 is 1.20. The van der Waals surface area contributed by atoms with Crippen molar-refractivity contribution in [3.8, 4) is 5.69 Å². The van der Waals surface area contributed by atoms with Gasteiger partial charge in [0.15, 0.2) is 5.16 Å². The van der Waals surface area contributed by atoms with Crippen LogP contribution in [0.1, 0.15) is 18.1 Å². The Kier molecular flexibility index (Phi) is 6.77. The Bertz CT molecular complexity index is 1320. The number of nitrogens with one attached hydrogen (secondary N) is 1. The number of rotatable bonds is 7. The van der Waals surface area contributed by atoms with Gasteiger partial charge < -0.3 is 0 Å². The molecule has 0 spiro atoms. The largest absolute Gasteiger partial charge is 0.272 e. The zero-order valence-corrected chi connectivity index (χ0v) is 18.4. The molecule has 0 aliphatic heterocycles. The fourth-order valence-corrected chi connectivity index (χ4v) is 4.00. The number of amides is 1. The number of para-hydroxylation sites is 2. The van der Waals surface area contributed by atoms with E-state index in [4.69, 9.17) is 0 Å². The summed E-state index contributed by atoms with van der Waals surface area (Å²) in [6.07, 6.45) is 2.58. The van der Waals surface area contributed by atoms with Gasteiger partial charge in [-0.05, 0) is 41.8 Å². The first-order chi connectivity index (χ1) is 15.7. The molecule has 0 unspecified atom stereocenters. The number of hydrogen-bond acceptors (Lipinski definition) is 5. The van der Waals surface area contributed by atoms with Gasteiger partial charge in [0, 0.05) is 0 Å². The maximum absolute atomic E-state index is 13.2. The second-order valence-corrected chi connectivity index (χ2v) is 8.01. The summed E-state index contributed by atoms with van der Waals surface area (Å²) in [5, 5.41) is 5.01. The molecule has 4 aromatic rings. The minimum atomic E-state index is -0.279. The molecule has 0 aliphatic rings. The lowest BCUT2D eigenvalue weighted by atomic mass is 10.1. The van der Waals surface area contributed by atoms with Gasteiger partial charge in [0.25, 0.3) is 11.5 Å². The Balaban J connectivity index is 1.51. The van der Waals surface area contributed by atoms with Crippen molar-refractivity contribution in [2.24, 2.45) is 5.10 Å². The summed E-state index contributed by atoms with van der Waals surface area (Å²) in [5.74, 6) is -0.206. The molecule has 1 aromatic heterocycles. The van der Waals surface area contributed by atoms with Gasteiger partial charge in [-0.2, -0.15) is 5.10 Å². The summed E-state index contributed by atoms with van der Waals surface area (Å²) in [6, 6.07) is 24.5. The van der Waals surface area contributed by atoms with Crippen molar-refractivity contribution in [3.63, 3.8) is 0 Å². The zero-order valence-electron chi connectivity index (χ0n) is 17.6. The van der Waals surface area contributed by atoms with E-state index in [-0.39, 0.29) is 17.2 Å². The van der Waals surface area contributed by atoms with Crippen molar-refractivity contribution in [1.29, 1.82) is 0 Å². The van der Waals surface area contributed by atoms with Crippen LogP contribution in [-0.2, 0) is 11.2 Å². The Morgan fingerprint density at radius 2 is 1.75 bits per heavy atom. The van der Waals surface area contributed by atoms with E-state index in [1.54, 1.807) is 22.9 Å². The molecule has 3 aromatic carbocycles. The normalized spacial score (nSPS) is 11.2. The van der Waals surface area contributed by atoms with Crippen LogP contribution in [0.4, 0.5) is 0 Å². The molecule has 6 nitrogen and oxygen atoms in total. The van der Waals surface area contributed by atoms with Gasteiger partial charge >= 0.3 is 0 Å². The standard InChI is InChI=1S/C25H22N4O2S/c1-2-18-12-14-19(15-13-18)16-26-28-23(30)17-32-25-27-22-11-7-6-10-21(22)24(31)29(25)20-8-4-3-5-9-20/h3-16H,2,17H2,1H3,(H,28,30)/b26-16-. The van der Waals surface area contributed by atoms with Crippen LogP contribution in [0.15, 0.2) is 93.9 Å². The fraction of sp³-hybridized carbons (Fsp3) is 0.120. The first kappa shape index (κ1) is 21.5. The molecule has 0 bridgehead atoms. The summed E-state index contributed by atoms with van der Waals surface area (Å²) in [7, 11) is 0. The number of nitrogens with zero attached hydrogens (tertiary/aromatic N) is 3. The quantitative estimate of drug-likeness (QED) is 0.202. The molecule has 160 valence electrons. The molecule has 1 N–H and O–H groups in total. The van der Waals surface area contributed by atoms with Crippen LogP contribution in [0.2, 0.25) is 0 Å². The van der Waals surface area contributed by atoms with Gasteiger partial charge in [0.2, 0.25) is 0 Å². The molecular formula is C25H22N4O2S. The Hall–Kier alpha value is -3.71. The third-order valence-electron chi connectivity index (χ3n) is 4.88. The number of thioether (sulfide) groups is 1. The number of aromatic nitrogens is 2. The highest BCUT2D eigenvalue weighted by Crippen LogP contribution is 2.21. The minimum absolute atomic E-state index is 0.0731. The van der Waals surface area contributed by atoms with E-state index < -0.39 is 0 Å². The van der Waals surface area contributed by atoms with E-state index in [0.29, 0.717) is 21.7 Å². The highest BCUT2D eigenvalue weighted by molar-refractivity contribution is 7.99. The monoisotopic (exact) mass is 442 g/mol. The minimum Gasteiger partial charge on any atom is -0.272 e. The van der Waals surface area contributed by atoms with Crippen molar-refractivity contribution in [2.75, 3.05) is 5.75 Å². The van der Waals surface area contributed by atoms with Crippen LogP contribution in [-0.4, -0.2) is 27.4 Å². The van der Waals surface area contributed by atoms with Crippen LogP contribution in [0, 0.1) is 0 Å². The van der Waals surface area contributed by atoms with Gasteiger partial charge in [-0.15, -0.1) is 0 Å². The number of hydrazone groups is 1. The number of aryl methyl sites for hydroxylation is 1. The summed E-state index contributed by atoms with van der Waals surface area (Å²) < 4.78 is 1.54. The number of carbonyl (C=O) groups is 1. The van der Waals surface area contributed by atoms with Gasteiger partial charge in [0.05, 0.1) is 28.6 Å². The average Bonchev–Trinajstić information content (AvgIpc) is 2.84. The Morgan fingerprint density at radius 3 is 2.50 bits per heavy atom. The molecular weight excluding hydrogens is 420 g/mol. The number of carbonyl (C=O) groups excluding carboxylic acids is 1. The van der Waals surface area contributed by atoms with Gasteiger partial charge in [-0.25, -0.2) is 10.4 Å². The Labute approximate surface area is 190 Å². The summed E-state index contributed by atoms with van der Waals surface area (Å²) in [4.78, 5) is 30.1. The van der Waals surface area contributed by atoms with E-state index in [2.05, 4.69) is 22.4 Å². The second kappa shape index (κ2) is 10.1. The van der Waals surface area contributed by atoms with Crippen molar-refractivity contribution in [1.82, 2.24) is 15.0 Å². The van der Waals surface area contributed by atoms with Crippen LogP contribution >= 0.6 is 11.8 Å². The molecule has 1 amide bonds. The van der Waals surface area contributed by atoms with Crippen LogP contribution < -0.4 is 11.0 Å². The second-order valence-electron chi connectivity index (χ2n) is 7.06. The van der Waals surface area contributed by atoms with E-state index in [1.807, 2.05) is 66.7 Å². The SMILES string of the molecule is CCc1ccc(/C=N\NC(=O)CSc2nc3ccccc3c(=O)n2-c2ccccc2)cc1. The molecule has 0 atom stereocenters. The van der Waals surface area contributed by atoms with Gasteiger partial charge in [0.1, 0.15) is 0 Å². The first-order valence-corrected chi connectivity index (χ1v) is 11.2. The molecule has 7 heteroatoms. The van der Waals surface area contributed by atoms with Crippen molar-refractivity contribution >= 4 is 34.8 Å². The topological polar surface area (TPSA) is 76.3 Å².